The molecule has 6 heteroatoms. The van der Waals surface area contributed by atoms with Gasteiger partial charge in [-0.15, -0.1) is 0 Å². The Bertz CT molecular complexity index is 496. The topological polar surface area (TPSA) is 64.2 Å². The van der Waals surface area contributed by atoms with Crippen LogP contribution in [0.15, 0.2) is 23.2 Å². The normalized spacial score (nSPS) is 10.5. The van der Waals surface area contributed by atoms with Gasteiger partial charge in [0.2, 0.25) is 0 Å². The van der Waals surface area contributed by atoms with Crippen LogP contribution in [-0.4, -0.2) is 32.7 Å². The SMILES string of the molecule is Cc1noc(C)c1CN(C)C(=O)n1ccnc1. The van der Waals surface area contributed by atoms with Crippen molar-refractivity contribution in [3.63, 3.8) is 0 Å². The number of carbonyl (C=O) groups excluding carboxylic acids is 1. The number of imidazole rings is 1. The van der Waals surface area contributed by atoms with Gasteiger partial charge in [0.25, 0.3) is 0 Å². The molecule has 90 valence electrons. The quantitative estimate of drug-likeness (QED) is 0.791. The van der Waals surface area contributed by atoms with Crippen molar-refractivity contribution in [1.29, 1.82) is 0 Å². The van der Waals surface area contributed by atoms with E-state index >= 15 is 0 Å². The third-order valence-corrected chi connectivity index (χ3v) is 2.63. The molecule has 0 saturated heterocycles. The lowest BCUT2D eigenvalue weighted by atomic mass is 10.2. The Hall–Kier alpha value is -2.11. The van der Waals surface area contributed by atoms with E-state index in [9.17, 15) is 4.79 Å². The second-order valence-electron chi connectivity index (χ2n) is 3.91. The zero-order valence-corrected chi connectivity index (χ0v) is 10.0. The largest absolute Gasteiger partial charge is 0.361 e. The molecule has 0 unspecified atom stereocenters. The van der Waals surface area contributed by atoms with Crippen molar-refractivity contribution in [2.75, 3.05) is 7.05 Å². The zero-order chi connectivity index (χ0) is 12.4. The number of hydrogen-bond acceptors (Lipinski definition) is 4. The minimum absolute atomic E-state index is 0.137. The minimum atomic E-state index is -0.137. The Labute approximate surface area is 98.8 Å². The summed E-state index contributed by atoms with van der Waals surface area (Å²) in [6.45, 7) is 4.17. The standard InChI is InChI=1S/C11H14N4O2/c1-8-10(9(2)17-13-8)6-14(3)11(16)15-5-4-12-7-15/h4-5,7H,6H2,1-3H3. The fourth-order valence-corrected chi connectivity index (χ4v) is 1.60. The molecule has 0 fully saturated rings. The highest BCUT2D eigenvalue weighted by Crippen LogP contribution is 2.14. The van der Waals surface area contributed by atoms with E-state index in [2.05, 4.69) is 10.1 Å². The van der Waals surface area contributed by atoms with Crippen LogP contribution in [0.1, 0.15) is 17.0 Å². The van der Waals surface area contributed by atoms with Crippen LogP contribution in [0.25, 0.3) is 0 Å². The summed E-state index contributed by atoms with van der Waals surface area (Å²) in [4.78, 5) is 17.4. The molecule has 0 N–H and O–H groups in total. The monoisotopic (exact) mass is 234 g/mol. The number of carbonyl (C=O) groups is 1. The van der Waals surface area contributed by atoms with Crippen LogP contribution in [0.5, 0.6) is 0 Å². The molecule has 2 aromatic rings. The molecule has 0 aliphatic rings. The first-order valence-electron chi connectivity index (χ1n) is 5.24. The Morgan fingerprint density at radius 3 is 2.82 bits per heavy atom. The summed E-state index contributed by atoms with van der Waals surface area (Å²) >= 11 is 0. The van der Waals surface area contributed by atoms with Gasteiger partial charge in [-0.3, -0.25) is 4.57 Å². The number of rotatable bonds is 2. The molecule has 0 atom stereocenters. The maximum atomic E-state index is 12.0. The van der Waals surface area contributed by atoms with Crippen LogP contribution in [0, 0.1) is 13.8 Å². The van der Waals surface area contributed by atoms with Crippen LogP contribution in [0.2, 0.25) is 0 Å². The van der Waals surface area contributed by atoms with E-state index in [-0.39, 0.29) is 6.03 Å². The lowest BCUT2D eigenvalue weighted by molar-refractivity contribution is 0.208. The number of nitrogens with zero attached hydrogens (tertiary/aromatic N) is 4. The van der Waals surface area contributed by atoms with Crippen molar-refractivity contribution in [3.8, 4) is 0 Å². The predicted octanol–water partition coefficient (Wildman–Crippen LogP) is 1.59. The summed E-state index contributed by atoms with van der Waals surface area (Å²) in [5, 5.41) is 3.86. The summed E-state index contributed by atoms with van der Waals surface area (Å²) in [6.07, 6.45) is 4.67. The van der Waals surface area contributed by atoms with Crippen LogP contribution in [0.4, 0.5) is 4.79 Å². The molecule has 6 nitrogen and oxygen atoms in total. The molecule has 1 amide bonds. The maximum Gasteiger partial charge on any atom is 0.329 e. The highest BCUT2D eigenvalue weighted by Gasteiger charge is 2.16. The third kappa shape index (κ3) is 2.20. The zero-order valence-electron chi connectivity index (χ0n) is 10.0. The maximum absolute atomic E-state index is 12.0. The predicted molar refractivity (Wildman–Crippen MR) is 60.5 cm³/mol. The van der Waals surface area contributed by atoms with Crippen LogP contribution < -0.4 is 0 Å². The van der Waals surface area contributed by atoms with E-state index in [1.807, 2.05) is 13.8 Å². The molecule has 0 aromatic carbocycles. The number of amides is 1. The third-order valence-electron chi connectivity index (χ3n) is 2.63. The molecule has 2 rings (SSSR count). The highest BCUT2D eigenvalue weighted by molar-refractivity contribution is 5.76. The van der Waals surface area contributed by atoms with Crippen LogP contribution >= 0.6 is 0 Å². The molecule has 0 radical (unpaired) electrons. The van der Waals surface area contributed by atoms with Gasteiger partial charge in [0.05, 0.1) is 12.2 Å². The van der Waals surface area contributed by atoms with Crippen LogP contribution in [0.3, 0.4) is 0 Å². The molecule has 0 bridgehead atoms. The summed E-state index contributed by atoms with van der Waals surface area (Å²) in [5.74, 6) is 0.743. The first kappa shape index (κ1) is 11.4. The molecule has 0 saturated carbocycles. The van der Waals surface area contributed by atoms with Gasteiger partial charge in [0, 0.05) is 25.0 Å². The van der Waals surface area contributed by atoms with Gasteiger partial charge >= 0.3 is 6.03 Å². The molecular formula is C11H14N4O2. The summed E-state index contributed by atoms with van der Waals surface area (Å²) < 4.78 is 6.49. The van der Waals surface area contributed by atoms with E-state index in [0.717, 1.165) is 17.0 Å². The molecular weight excluding hydrogens is 220 g/mol. The van der Waals surface area contributed by atoms with E-state index in [4.69, 9.17) is 4.52 Å². The molecule has 0 aliphatic carbocycles. The lowest BCUT2D eigenvalue weighted by Gasteiger charge is -2.16. The smallest absolute Gasteiger partial charge is 0.329 e. The first-order chi connectivity index (χ1) is 8.09. The van der Waals surface area contributed by atoms with Crippen LogP contribution in [-0.2, 0) is 6.54 Å². The summed E-state index contributed by atoms with van der Waals surface area (Å²) in [5.41, 5.74) is 1.76. The average Bonchev–Trinajstić information content (AvgIpc) is 2.93. The summed E-state index contributed by atoms with van der Waals surface area (Å²) in [7, 11) is 1.73. The first-order valence-corrected chi connectivity index (χ1v) is 5.24. The Morgan fingerprint density at radius 2 is 2.29 bits per heavy atom. The van der Waals surface area contributed by atoms with Crippen molar-refractivity contribution in [2.24, 2.45) is 0 Å². The molecule has 2 heterocycles. The van der Waals surface area contributed by atoms with Crippen molar-refractivity contribution < 1.29 is 9.32 Å². The Balaban J connectivity index is 2.12. The van der Waals surface area contributed by atoms with Crippen molar-refractivity contribution in [1.82, 2.24) is 19.6 Å². The molecule has 0 aliphatic heterocycles. The van der Waals surface area contributed by atoms with Gasteiger partial charge in [-0.2, -0.15) is 0 Å². The van der Waals surface area contributed by atoms with Crippen molar-refractivity contribution in [2.45, 2.75) is 20.4 Å². The van der Waals surface area contributed by atoms with Gasteiger partial charge < -0.3 is 9.42 Å². The molecule has 17 heavy (non-hydrogen) atoms. The number of aryl methyl sites for hydroxylation is 2. The number of aromatic nitrogens is 3. The average molecular weight is 234 g/mol. The van der Waals surface area contributed by atoms with E-state index < -0.39 is 0 Å². The molecule has 2 aromatic heterocycles. The van der Waals surface area contributed by atoms with E-state index in [1.165, 1.54) is 10.9 Å². The van der Waals surface area contributed by atoms with Gasteiger partial charge in [0.1, 0.15) is 12.1 Å². The minimum Gasteiger partial charge on any atom is -0.361 e. The van der Waals surface area contributed by atoms with Gasteiger partial charge in [-0.1, -0.05) is 5.16 Å². The van der Waals surface area contributed by atoms with E-state index in [1.54, 1.807) is 24.3 Å². The van der Waals surface area contributed by atoms with Gasteiger partial charge in [0.15, 0.2) is 0 Å². The Kier molecular flexibility index (Phi) is 2.95. The van der Waals surface area contributed by atoms with Gasteiger partial charge in [-0.05, 0) is 13.8 Å². The van der Waals surface area contributed by atoms with E-state index in [0.29, 0.717) is 6.54 Å². The van der Waals surface area contributed by atoms with Crippen molar-refractivity contribution >= 4 is 6.03 Å². The van der Waals surface area contributed by atoms with Gasteiger partial charge in [-0.25, -0.2) is 9.78 Å². The number of hydrogen-bond donors (Lipinski definition) is 0. The second kappa shape index (κ2) is 4.40. The highest BCUT2D eigenvalue weighted by atomic mass is 16.5. The summed E-state index contributed by atoms with van der Waals surface area (Å²) in [6, 6.07) is -0.137. The lowest BCUT2D eigenvalue weighted by Crippen LogP contribution is -2.30. The molecule has 0 spiro atoms. The second-order valence-corrected chi connectivity index (χ2v) is 3.91. The fraction of sp³-hybridized carbons (Fsp3) is 0.364. The fourth-order valence-electron chi connectivity index (χ4n) is 1.60. The Morgan fingerprint density at radius 1 is 1.53 bits per heavy atom. The van der Waals surface area contributed by atoms with Crippen molar-refractivity contribution in [3.05, 3.63) is 35.7 Å².